The number of halogens is 1. The Morgan fingerprint density at radius 2 is 1.61 bits per heavy atom. The Balaban J connectivity index is 1.81. The molecular formula is C25H27BrN2O4S. The second-order valence-electron chi connectivity index (χ2n) is 7.77. The molecule has 3 rings (SSSR count). The normalized spacial score (nSPS) is 12.4. The van der Waals surface area contributed by atoms with Gasteiger partial charge in [0.2, 0.25) is 15.9 Å². The molecule has 0 aliphatic carbocycles. The highest BCUT2D eigenvalue weighted by atomic mass is 79.9. The monoisotopic (exact) mass is 530 g/mol. The molecule has 1 amide bonds. The molecule has 1 atom stereocenters. The van der Waals surface area contributed by atoms with E-state index >= 15 is 0 Å². The highest BCUT2D eigenvalue weighted by molar-refractivity contribution is 9.10. The van der Waals surface area contributed by atoms with Gasteiger partial charge in [-0.3, -0.25) is 4.79 Å². The number of amides is 1. The Morgan fingerprint density at radius 1 is 1.00 bits per heavy atom. The Kier molecular flexibility index (Phi) is 8.29. The number of aryl methyl sites for hydroxylation is 1. The van der Waals surface area contributed by atoms with E-state index in [2.05, 4.69) is 21.2 Å². The topological polar surface area (TPSA) is 75.7 Å². The van der Waals surface area contributed by atoms with E-state index in [1.165, 1.54) is 4.31 Å². The van der Waals surface area contributed by atoms with E-state index in [0.29, 0.717) is 0 Å². The molecule has 1 N–H and O–H groups in total. The average molecular weight is 531 g/mol. The second-order valence-corrected chi connectivity index (χ2v) is 10.6. The number of carbonyl (C=O) groups is 1. The standard InChI is InChI=1S/C25H27BrN2O4S/c1-18-4-14-24(15-5-18)33(30,31)28(16-20-6-10-22(26)11-7-20)17-25(29)27-19(2)21-8-12-23(32-3)13-9-21/h4-15,19H,16-17H2,1-3H3,(H,27,29)/t19-/m1/s1. The molecule has 174 valence electrons. The Hall–Kier alpha value is -2.68. The fourth-order valence-electron chi connectivity index (χ4n) is 3.30. The van der Waals surface area contributed by atoms with E-state index in [0.717, 1.165) is 26.9 Å². The molecule has 0 heterocycles. The molecule has 0 saturated carbocycles. The van der Waals surface area contributed by atoms with E-state index in [1.807, 2.05) is 62.4 Å². The summed E-state index contributed by atoms with van der Waals surface area (Å²) in [5, 5.41) is 2.90. The van der Waals surface area contributed by atoms with Crippen molar-refractivity contribution in [1.82, 2.24) is 9.62 Å². The highest BCUT2D eigenvalue weighted by Gasteiger charge is 2.27. The number of methoxy groups -OCH3 is 1. The minimum absolute atomic E-state index is 0.0772. The lowest BCUT2D eigenvalue weighted by molar-refractivity contribution is -0.122. The second kappa shape index (κ2) is 11.0. The van der Waals surface area contributed by atoms with Crippen LogP contribution in [0, 0.1) is 6.92 Å². The molecule has 0 radical (unpaired) electrons. The van der Waals surface area contributed by atoms with Crippen molar-refractivity contribution < 1.29 is 17.9 Å². The van der Waals surface area contributed by atoms with Crippen LogP contribution in [0.15, 0.2) is 82.2 Å². The fraction of sp³-hybridized carbons (Fsp3) is 0.240. The Bertz CT molecular complexity index is 1180. The molecule has 33 heavy (non-hydrogen) atoms. The first kappa shape index (κ1) is 25.0. The van der Waals surface area contributed by atoms with E-state index in [1.54, 1.807) is 31.4 Å². The SMILES string of the molecule is COc1ccc([C@@H](C)NC(=O)CN(Cc2ccc(Br)cc2)S(=O)(=O)c2ccc(C)cc2)cc1. The number of nitrogens with one attached hydrogen (secondary N) is 1. The van der Waals surface area contributed by atoms with Gasteiger partial charge in [-0.25, -0.2) is 8.42 Å². The summed E-state index contributed by atoms with van der Waals surface area (Å²) in [7, 11) is -2.29. The van der Waals surface area contributed by atoms with Crippen LogP contribution in [0.3, 0.4) is 0 Å². The van der Waals surface area contributed by atoms with Crippen molar-refractivity contribution in [2.75, 3.05) is 13.7 Å². The summed E-state index contributed by atoms with van der Waals surface area (Å²) in [5.74, 6) is 0.341. The number of ether oxygens (including phenoxy) is 1. The van der Waals surface area contributed by atoms with Gasteiger partial charge in [0.25, 0.3) is 0 Å². The number of carbonyl (C=O) groups excluding carboxylic acids is 1. The first-order valence-corrected chi connectivity index (χ1v) is 12.7. The van der Waals surface area contributed by atoms with Gasteiger partial charge in [-0.15, -0.1) is 0 Å². The van der Waals surface area contributed by atoms with Gasteiger partial charge < -0.3 is 10.1 Å². The van der Waals surface area contributed by atoms with Gasteiger partial charge in [0.1, 0.15) is 5.75 Å². The van der Waals surface area contributed by atoms with Gasteiger partial charge in [-0.1, -0.05) is 57.9 Å². The molecule has 0 aliphatic heterocycles. The van der Waals surface area contributed by atoms with E-state index in [4.69, 9.17) is 4.74 Å². The van der Waals surface area contributed by atoms with Crippen molar-refractivity contribution in [1.29, 1.82) is 0 Å². The molecular weight excluding hydrogens is 504 g/mol. The number of benzene rings is 3. The molecule has 3 aromatic rings. The van der Waals surface area contributed by atoms with Gasteiger partial charge >= 0.3 is 0 Å². The molecule has 0 unspecified atom stereocenters. The van der Waals surface area contributed by atoms with Crippen LogP contribution in [0.5, 0.6) is 5.75 Å². The number of nitrogens with zero attached hydrogens (tertiary/aromatic N) is 1. The maximum absolute atomic E-state index is 13.4. The van der Waals surface area contributed by atoms with Crippen LogP contribution in [-0.4, -0.2) is 32.3 Å². The molecule has 0 aliphatic rings. The smallest absolute Gasteiger partial charge is 0.243 e. The van der Waals surface area contributed by atoms with Crippen molar-refractivity contribution >= 4 is 31.9 Å². The summed E-state index contributed by atoms with van der Waals surface area (Å²) in [6, 6.07) is 21.1. The largest absolute Gasteiger partial charge is 0.497 e. The molecule has 0 aromatic heterocycles. The fourth-order valence-corrected chi connectivity index (χ4v) is 4.95. The summed E-state index contributed by atoms with van der Waals surface area (Å²) in [5.41, 5.74) is 2.63. The van der Waals surface area contributed by atoms with E-state index in [9.17, 15) is 13.2 Å². The summed E-state index contributed by atoms with van der Waals surface area (Å²) in [6.45, 7) is 3.53. The lowest BCUT2D eigenvalue weighted by Gasteiger charge is -2.23. The predicted molar refractivity (Wildman–Crippen MR) is 132 cm³/mol. The summed E-state index contributed by atoms with van der Waals surface area (Å²) < 4.78 is 34.1. The Labute approximate surface area is 203 Å². The molecule has 0 fully saturated rings. The van der Waals surface area contributed by atoms with Gasteiger partial charge in [0.15, 0.2) is 0 Å². The third-order valence-corrected chi connectivity index (χ3v) is 7.58. The Morgan fingerprint density at radius 3 is 2.18 bits per heavy atom. The van der Waals surface area contributed by atoms with Crippen LogP contribution >= 0.6 is 15.9 Å². The lowest BCUT2D eigenvalue weighted by Crippen LogP contribution is -2.41. The minimum Gasteiger partial charge on any atom is -0.497 e. The minimum atomic E-state index is -3.89. The van der Waals surface area contributed by atoms with Crippen LogP contribution in [0.25, 0.3) is 0 Å². The molecule has 6 nitrogen and oxygen atoms in total. The zero-order valence-electron chi connectivity index (χ0n) is 18.8. The number of hydrogen-bond acceptors (Lipinski definition) is 4. The molecule has 0 bridgehead atoms. The number of sulfonamides is 1. The third-order valence-electron chi connectivity index (χ3n) is 5.24. The van der Waals surface area contributed by atoms with Crippen LogP contribution in [0.1, 0.15) is 29.7 Å². The summed E-state index contributed by atoms with van der Waals surface area (Å²) in [4.78, 5) is 13.0. The first-order chi connectivity index (χ1) is 15.7. The zero-order valence-corrected chi connectivity index (χ0v) is 21.2. The quantitative estimate of drug-likeness (QED) is 0.429. The van der Waals surface area contributed by atoms with Crippen LogP contribution in [0.2, 0.25) is 0 Å². The number of hydrogen-bond donors (Lipinski definition) is 1. The summed E-state index contributed by atoms with van der Waals surface area (Å²) >= 11 is 3.39. The van der Waals surface area contributed by atoms with Crippen molar-refractivity contribution in [2.24, 2.45) is 0 Å². The highest BCUT2D eigenvalue weighted by Crippen LogP contribution is 2.21. The van der Waals surface area contributed by atoms with E-state index < -0.39 is 10.0 Å². The van der Waals surface area contributed by atoms with Gasteiger partial charge in [0, 0.05) is 11.0 Å². The van der Waals surface area contributed by atoms with Crippen molar-refractivity contribution in [3.63, 3.8) is 0 Å². The van der Waals surface area contributed by atoms with Crippen molar-refractivity contribution in [2.45, 2.75) is 31.3 Å². The third kappa shape index (κ3) is 6.66. The van der Waals surface area contributed by atoms with Gasteiger partial charge in [-0.2, -0.15) is 4.31 Å². The van der Waals surface area contributed by atoms with E-state index in [-0.39, 0.29) is 29.9 Å². The molecule has 0 spiro atoms. The first-order valence-electron chi connectivity index (χ1n) is 10.4. The van der Waals surface area contributed by atoms with Crippen molar-refractivity contribution in [3.8, 4) is 5.75 Å². The molecule has 3 aromatic carbocycles. The van der Waals surface area contributed by atoms with Crippen molar-refractivity contribution in [3.05, 3.63) is 94.0 Å². The van der Waals surface area contributed by atoms with Crippen LogP contribution in [-0.2, 0) is 21.4 Å². The zero-order chi connectivity index (χ0) is 24.0. The number of rotatable bonds is 9. The van der Waals surface area contributed by atoms with Crippen LogP contribution < -0.4 is 10.1 Å². The van der Waals surface area contributed by atoms with Crippen LogP contribution in [0.4, 0.5) is 0 Å². The maximum atomic E-state index is 13.4. The molecule has 0 saturated heterocycles. The average Bonchev–Trinajstić information content (AvgIpc) is 2.80. The predicted octanol–water partition coefficient (Wildman–Crippen LogP) is 4.83. The summed E-state index contributed by atoms with van der Waals surface area (Å²) in [6.07, 6.45) is 0. The maximum Gasteiger partial charge on any atom is 0.243 e. The molecule has 8 heteroatoms. The van der Waals surface area contributed by atoms with Gasteiger partial charge in [-0.05, 0) is 61.4 Å². The van der Waals surface area contributed by atoms with Gasteiger partial charge in [0.05, 0.1) is 24.6 Å². The lowest BCUT2D eigenvalue weighted by atomic mass is 10.1.